The molecule has 42 heavy (non-hydrogen) atoms. The lowest BCUT2D eigenvalue weighted by Crippen LogP contribution is -2.52. The van der Waals surface area contributed by atoms with Gasteiger partial charge in [-0.25, -0.2) is 9.38 Å². The fraction of sp³-hybridized carbons (Fsp3) is 0.667. The number of carbonyl (C=O) groups excluding carboxylic acids is 1. The SMILES string of the molecule is C=C(NC[C@H]1CCC[C@@H](C2C=CC(C(F)(F)F)=CC2)O1)/C(C)=C(\N=C/N)C(=O)N1CCC(NC2CCOCC2F)CC1. The fourth-order valence-electron chi connectivity index (χ4n) is 6.01. The van der Waals surface area contributed by atoms with Gasteiger partial charge < -0.3 is 30.7 Å². The lowest BCUT2D eigenvalue weighted by atomic mass is 9.87. The van der Waals surface area contributed by atoms with E-state index in [1.165, 1.54) is 6.08 Å². The van der Waals surface area contributed by atoms with Crippen molar-refractivity contribution >= 4 is 12.2 Å². The molecule has 0 aromatic carbocycles. The highest BCUT2D eigenvalue weighted by Crippen LogP contribution is 2.35. The summed E-state index contributed by atoms with van der Waals surface area (Å²) in [7, 11) is 0. The molecule has 0 spiro atoms. The minimum atomic E-state index is -4.33. The van der Waals surface area contributed by atoms with Crippen LogP contribution in [0.4, 0.5) is 17.6 Å². The van der Waals surface area contributed by atoms with Crippen LogP contribution in [0.25, 0.3) is 0 Å². The highest BCUT2D eigenvalue weighted by atomic mass is 19.4. The number of halogens is 4. The van der Waals surface area contributed by atoms with Crippen molar-refractivity contribution in [3.8, 4) is 0 Å². The van der Waals surface area contributed by atoms with Gasteiger partial charge >= 0.3 is 6.18 Å². The molecule has 1 aliphatic carbocycles. The van der Waals surface area contributed by atoms with E-state index in [-0.39, 0.29) is 48.4 Å². The third-order valence-corrected chi connectivity index (χ3v) is 8.60. The number of nitrogens with two attached hydrogens (primary N) is 1. The molecule has 3 unspecified atom stereocenters. The second-order valence-corrected chi connectivity index (χ2v) is 11.5. The quantitative estimate of drug-likeness (QED) is 0.122. The van der Waals surface area contributed by atoms with E-state index in [2.05, 4.69) is 22.2 Å². The van der Waals surface area contributed by atoms with Crippen molar-refractivity contribution in [1.29, 1.82) is 0 Å². The summed E-state index contributed by atoms with van der Waals surface area (Å²) in [6.45, 7) is 8.00. The van der Waals surface area contributed by atoms with E-state index in [0.717, 1.165) is 31.7 Å². The van der Waals surface area contributed by atoms with E-state index < -0.39 is 17.9 Å². The maximum atomic E-state index is 14.2. The van der Waals surface area contributed by atoms with Crippen LogP contribution in [0.2, 0.25) is 0 Å². The van der Waals surface area contributed by atoms with E-state index in [1.54, 1.807) is 17.9 Å². The molecule has 4 N–H and O–H groups in total. The number of allylic oxidation sites excluding steroid dienone is 4. The molecule has 5 atom stereocenters. The zero-order valence-corrected chi connectivity index (χ0v) is 24.2. The molecule has 1 amide bonds. The van der Waals surface area contributed by atoms with Crippen LogP contribution in [-0.4, -0.2) is 86.6 Å². The summed E-state index contributed by atoms with van der Waals surface area (Å²) in [6.07, 6.45) is 4.30. The van der Waals surface area contributed by atoms with Crippen LogP contribution in [0, 0.1) is 5.92 Å². The summed E-state index contributed by atoms with van der Waals surface area (Å²) < 4.78 is 64.5. The van der Waals surface area contributed by atoms with Crippen LogP contribution in [-0.2, 0) is 14.3 Å². The Morgan fingerprint density at radius 1 is 1.24 bits per heavy atom. The maximum absolute atomic E-state index is 14.2. The average molecular weight is 598 g/mol. The van der Waals surface area contributed by atoms with Gasteiger partial charge in [-0.3, -0.25) is 4.79 Å². The molecule has 0 aromatic rings. The third kappa shape index (κ3) is 8.44. The second-order valence-electron chi connectivity index (χ2n) is 11.5. The molecular formula is C30H43F4N5O3. The molecule has 12 heteroatoms. The Hall–Kier alpha value is -2.70. The van der Waals surface area contributed by atoms with Gasteiger partial charge in [-0.05, 0) is 51.9 Å². The van der Waals surface area contributed by atoms with Crippen LogP contribution < -0.4 is 16.4 Å². The zero-order chi connectivity index (χ0) is 30.3. The first-order valence-electron chi connectivity index (χ1n) is 14.8. The van der Waals surface area contributed by atoms with E-state index in [9.17, 15) is 22.4 Å². The highest BCUT2D eigenvalue weighted by molar-refractivity contribution is 5.95. The molecule has 234 valence electrons. The highest BCUT2D eigenvalue weighted by Gasteiger charge is 2.36. The predicted molar refractivity (Wildman–Crippen MR) is 153 cm³/mol. The van der Waals surface area contributed by atoms with Gasteiger partial charge in [0.25, 0.3) is 5.91 Å². The average Bonchev–Trinajstić information content (AvgIpc) is 2.99. The van der Waals surface area contributed by atoms with E-state index in [0.29, 0.717) is 63.2 Å². The van der Waals surface area contributed by atoms with Crippen molar-refractivity contribution in [1.82, 2.24) is 15.5 Å². The smallest absolute Gasteiger partial charge is 0.390 e. The number of ether oxygens (including phenoxy) is 2. The summed E-state index contributed by atoms with van der Waals surface area (Å²) >= 11 is 0. The number of likely N-dealkylation sites (tertiary alicyclic amines) is 1. The summed E-state index contributed by atoms with van der Waals surface area (Å²) in [5.41, 5.74) is 6.28. The molecule has 0 bridgehead atoms. The Bertz CT molecular complexity index is 1080. The van der Waals surface area contributed by atoms with Gasteiger partial charge in [-0.2, -0.15) is 13.2 Å². The number of nitrogens with zero attached hydrogens (tertiary/aromatic N) is 2. The van der Waals surface area contributed by atoms with Crippen molar-refractivity contribution in [2.45, 2.75) is 88.5 Å². The molecule has 0 saturated carbocycles. The lowest BCUT2D eigenvalue weighted by molar-refractivity contribution is -0.128. The van der Waals surface area contributed by atoms with E-state index in [1.807, 2.05) is 0 Å². The molecule has 3 saturated heterocycles. The molecule has 4 rings (SSSR count). The zero-order valence-electron chi connectivity index (χ0n) is 24.2. The first kappa shape index (κ1) is 32.2. The normalized spacial score (nSPS) is 30.2. The number of aliphatic imine (C=N–C) groups is 1. The van der Waals surface area contributed by atoms with Gasteiger partial charge in [-0.1, -0.05) is 24.8 Å². The number of hydrogen-bond acceptors (Lipinski definition) is 6. The van der Waals surface area contributed by atoms with Crippen LogP contribution >= 0.6 is 0 Å². The monoisotopic (exact) mass is 597 g/mol. The minimum Gasteiger partial charge on any atom is -0.390 e. The van der Waals surface area contributed by atoms with Crippen LogP contribution in [0.1, 0.15) is 51.9 Å². The topological polar surface area (TPSA) is 101 Å². The molecule has 0 aromatic heterocycles. The third-order valence-electron chi connectivity index (χ3n) is 8.60. The molecule has 8 nitrogen and oxygen atoms in total. The van der Waals surface area contributed by atoms with Gasteiger partial charge in [-0.15, -0.1) is 0 Å². The molecule has 0 radical (unpaired) electrons. The van der Waals surface area contributed by atoms with Crippen molar-refractivity contribution < 1.29 is 31.8 Å². The first-order chi connectivity index (χ1) is 20.1. The number of carbonyl (C=O) groups is 1. The molecule has 3 fully saturated rings. The minimum absolute atomic E-state index is 0.0960. The molecule has 3 heterocycles. The first-order valence-corrected chi connectivity index (χ1v) is 14.8. The van der Waals surface area contributed by atoms with Crippen LogP contribution in [0.15, 0.2) is 52.3 Å². The Morgan fingerprint density at radius 3 is 2.64 bits per heavy atom. The molecular weight excluding hydrogens is 554 g/mol. The van der Waals surface area contributed by atoms with E-state index in [4.69, 9.17) is 15.2 Å². The Kier molecular flexibility index (Phi) is 11.2. The Morgan fingerprint density at radius 2 is 2.00 bits per heavy atom. The van der Waals surface area contributed by atoms with Gasteiger partial charge in [0.15, 0.2) is 0 Å². The van der Waals surface area contributed by atoms with Crippen molar-refractivity contribution in [2.75, 3.05) is 32.8 Å². The van der Waals surface area contributed by atoms with Crippen molar-refractivity contribution in [3.63, 3.8) is 0 Å². The summed E-state index contributed by atoms with van der Waals surface area (Å²) in [5.74, 6) is -0.337. The number of hydrogen-bond donors (Lipinski definition) is 3. The number of amides is 1. The summed E-state index contributed by atoms with van der Waals surface area (Å²) in [4.78, 5) is 19.3. The van der Waals surface area contributed by atoms with Crippen molar-refractivity contribution in [3.05, 3.63) is 47.3 Å². The molecule has 3 aliphatic heterocycles. The second kappa shape index (κ2) is 14.7. The Labute approximate surface area is 245 Å². The number of piperidine rings is 1. The fourth-order valence-corrected chi connectivity index (χ4v) is 6.01. The summed E-state index contributed by atoms with van der Waals surface area (Å²) in [5, 5.41) is 6.66. The number of rotatable bonds is 9. The Balaban J connectivity index is 1.28. The van der Waals surface area contributed by atoms with Gasteiger partial charge in [0, 0.05) is 55.5 Å². The van der Waals surface area contributed by atoms with Crippen molar-refractivity contribution in [2.24, 2.45) is 16.6 Å². The van der Waals surface area contributed by atoms with E-state index >= 15 is 0 Å². The summed E-state index contributed by atoms with van der Waals surface area (Å²) in [6, 6.07) is -0.0914. The molecule has 4 aliphatic rings. The lowest BCUT2D eigenvalue weighted by Gasteiger charge is -2.36. The predicted octanol–water partition coefficient (Wildman–Crippen LogP) is 4.06. The standard InChI is InChI=1S/C30H43F4N5O3/c1-19(20(2)36-16-24-4-3-5-27(42-24)21-6-8-22(9-7-21)30(32,33)34)28(37-18-35)29(40)39-13-10-23(11-14-39)38-26-12-15-41-17-25(26)31/h6,8-9,18,21,23-27,36,38H,2-5,7,10-17H2,1H3,(H2,35,37)/b28-19-/t21?,24-,25?,26?,27+/m1/s1. The van der Waals surface area contributed by atoms with Gasteiger partial charge in [0.2, 0.25) is 0 Å². The van der Waals surface area contributed by atoms with Crippen LogP contribution in [0.5, 0.6) is 0 Å². The maximum Gasteiger partial charge on any atom is 0.416 e. The van der Waals surface area contributed by atoms with Gasteiger partial charge in [0.05, 0.1) is 30.7 Å². The largest absolute Gasteiger partial charge is 0.416 e. The number of alkyl halides is 4. The van der Waals surface area contributed by atoms with Crippen LogP contribution in [0.3, 0.4) is 0 Å². The number of nitrogens with one attached hydrogen (secondary N) is 2. The van der Waals surface area contributed by atoms with Gasteiger partial charge in [0.1, 0.15) is 11.9 Å².